The van der Waals surface area contributed by atoms with Crippen LogP contribution in [-0.2, 0) is 4.79 Å². The van der Waals surface area contributed by atoms with Crippen molar-refractivity contribution in [2.24, 2.45) is 0 Å². The molecule has 0 aromatic heterocycles. The van der Waals surface area contributed by atoms with Crippen LogP contribution in [0.15, 0.2) is 18.2 Å². The van der Waals surface area contributed by atoms with Crippen LogP contribution < -0.4 is 4.90 Å². The van der Waals surface area contributed by atoms with Gasteiger partial charge in [-0.3, -0.25) is 9.59 Å². The van der Waals surface area contributed by atoms with Gasteiger partial charge in [0, 0.05) is 18.5 Å². The number of benzene rings is 1. The van der Waals surface area contributed by atoms with Crippen molar-refractivity contribution in [1.82, 2.24) is 0 Å². The Morgan fingerprint density at radius 3 is 2.80 bits per heavy atom. The molecule has 4 nitrogen and oxygen atoms in total. The quantitative estimate of drug-likeness (QED) is 0.741. The lowest BCUT2D eigenvalue weighted by Gasteiger charge is -2.17. The molecule has 1 N–H and O–H groups in total. The number of phenolic OH excluding ortho intramolecular Hbond substituents is 1. The number of hydrogen-bond acceptors (Lipinski definition) is 3. The van der Waals surface area contributed by atoms with Crippen molar-refractivity contribution >= 4 is 17.9 Å². The van der Waals surface area contributed by atoms with Crippen molar-refractivity contribution in [3.63, 3.8) is 0 Å². The molecule has 0 bridgehead atoms. The van der Waals surface area contributed by atoms with Gasteiger partial charge in [-0.2, -0.15) is 0 Å². The number of aldehydes is 1. The third-order valence-electron chi connectivity index (χ3n) is 2.50. The van der Waals surface area contributed by atoms with Crippen LogP contribution >= 0.6 is 0 Å². The summed E-state index contributed by atoms with van der Waals surface area (Å²) < 4.78 is 0. The number of anilines is 1. The molecular weight excluding hydrogens is 194 g/mol. The maximum absolute atomic E-state index is 11.5. The standard InChI is InChI=1S/C11H11NO3/c13-7-8-3-4-10(14)9(6-8)12-5-1-2-11(12)15/h3-4,6-7,14H,1-2,5H2. The van der Waals surface area contributed by atoms with Gasteiger partial charge in [-0.1, -0.05) is 0 Å². The van der Waals surface area contributed by atoms with Gasteiger partial charge in [-0.25, -0.2) is 0 Å². The van der Waals surface area contributed by atoms with Crippen molar-refractivity contribution in [3.05, 3.63) is 23.8 Å². The summed E-state index contributed by atoms with van der Waals surface area (Å²) in [6.07, 6.45) is 2.00. The number of rotatable bonds is 2. The molecule has 0 atom stereocenters. The average Bonchev–Trinajstić information content (AvgIpc) is 2.65. The summed E-state index contributed by atoms with van der Waals surface area (Å²) in [6.45, 7) is 0.606. The highest BCUT2D eigenvalue weighted by Gasteiger charge is 2.23. The molecule has 15 heavy (non-hydrogen) atoms. The van der Waals surface area contributed by atoms with E-state index in [2.05, 4.69) is 0 Å². The van der Waals surface area contributed by atoms with E-state index in [-0.39, 0.29) is 11.7 Å². The number of phenols is 1. The van der Waals surface area contributed by atoms with Crippen LogP contribution in [0.2, 0.25) is 0 Å². The highest BCUT2D eigenvalue weighted by molar-refractivity contribution is 5.97. The molecule has 1 aliphatic heterocycles. The van der Waals surface area contributed by atoms with E-state index in [4.69, 9.17) is 0 Å². The lowest BCUT2D eigenvalue weighted by molar-refractivity contribution is -0.117. The lowest BCUT2D eigenvalue weighted by Crippen LogP contribution is -2.23. The average molecular weight is 205 g/mol. The summed E-state index contributed by atoms with van der Waals surface area (Å²) in [4.78, 5) is 23.6. The fourth-order valence-electron chi connectivity index (χ4n) is 1.73. The predicted molar refractivity (Wildman–Crippen MR) is 55.1 cm³/mol. The third-order valence-corrected chi connectivity index (χ3v) is 2.50. The van der Waals surface area contributed by atoms with Gasteiger partial charge in [0.1, 0.15) is 12.0 Å². The fourth-order valence-corrected chi connectivity index (χ4v) is 1.73. The van der Waals surface area contributed by atoms with Crippen LogP contribution in [0.25, 0.3) is 0 Å². The first-order valence-electron chi connectivity index (χ1n) is 4.81. The zero-order valence-corrected chi connectivity index (χ0v) is 8.14. The van der Waals surface area contributed by atoms with Crippen LogP contribution in [0.1, 0.15) is 23.2 Å². The molecule has 1 aromatic carbocycles. The normalized spacial score (nSPS) is 15.7. The van der Waals surface area contributed by atoms with Gasteiger partial charge >= 0.3 is 0 Å². The van der Waals surface area contributed by atoms with E-state index in [1.54, 1.807) is 0 Å². The SMILES string of the molecule is O=Cc1ccc(O)c(N2CCCC2=O)c1. The summed E-state index contributed by atoms with van der Waals surface area (Å²) in [6, 6.07) is 4.49. The van der Waals surface area contributed by atoms with Crippen molar-refractivity contribution in [1.29, 1.82) is 0 Å². The Labute approximate surface area is 87.1 Å². The Hall–Kier alpha value is -1.84. The molecule has 0 unspecified atom stereocenters. The second kappa shape index (κ2) is 3.73. The molecule has 1 heterocycles. The zero-order chi connectivity index (χ0) is 10.8. The Kier molecular flexibility index (Phi) is 2.41. The van der Waals surface area contributed by atoms with Gasteiger partial charge in [0.25, 0.3) is 0 Å². The number of hydrogen-bond donors (Lipinski definition) is 1. The molecule has 4 heteroatoms. The van der Waals surface area contributed by atoms with E-state index < -0.39 is 0 Å². The monoisotopic (exact) mass is 205 g/mol. The van der Waals surface area contributed by atoms with Gasteiger partial charge in [0.05, 0.1) is 5.69 Å². The minimum Gasteiger partial charge on any atom is -0.506 e. The zero-order valence-electron chi connectivity index (χ0n) is 8.14. The predicted octanol–water partition coefficient (Wildman–Crippen LogP) is 1.33. The molecule has 0 spiro atoms. The van der Waals surface area contributed by atoms with Crippen LogP contribution in [0.3, 0.4) is 0 Å². The Morgan fingerprint density at radius 2 is 2.20 bits per heavy atom. The first-order valence-corrected chi connectivity index (χ1v) is 4.81. The minimum absolute atomic E-state index is 0.00616. The van der Waals surface area contributed by atoms with Crippen LogP contribution in [0.4, 0.5) is 5.69 Å². The smallest absolute Gasteiger partial charge is 0.227 e. The highest BCUT2D eigenvalue weighted by Crippen LogP contribution is 2.30. The third kappa shape index (κ3) is 1.70. The number of nitrogens with zero attached hydrogens (tertiary/aromatic N) is 1. The Morgan fingerprint density at radius 1 is 1.40 bits per heavy atom. The summed E-state index contributed by atoms with van der Waals surface area (Å²) in [5.74, 6) is 0.0317. The Balaban J connectivity index is 2.41. The van der Waals surface area contributed by atoms with E-state index in [0.717, 1.165) is 6.42 Å². The molecule has 1 amide bonds. The first-order chi connectivity index (χ1) is 7.22. The summed E-state index contributed by atoms with van der Waals surface area (Å²) in [7, 11) is 0. The van der Waals surface area contributed by atoms with Crippen LogP contribution in [0.5, 0.6) is 5.75 Å². The van der Waals surface area contributed by atoms with Gasteiger partial charge in [0.2, 0.25) is 5.91 Å². The molecule has 0 radical (unpaired) electrons. The summed E-state index contributed by atoms with van der Waals surface area (Å²) in [5.41, 5.74) is 0.893. The number of carbonyl (C=O) groups is 2. The second-order valence-corrected chi connectivity index (χ2v) is 3.51. The Bertz CT molecular complexity index is 414. The topological polar surface area (TPSA) is 57.6 Å². The molecule has 0 saturated carbocycles. The molecule has 1 aliphatic rings. The number of aromatic hydroxyl groups is 1. The van der Waals surface area contributed by atoms with Crippen molar-refractivity contribution in [2.45, 2.75) is 12.8 Å². The van der Waals surface area contributed by atoms with Gasteiger partial charge in [-0.15, -0.1) is 0 Å². The molecule has 78 valence electrons. The largest absolute Gasteiger partial charge is 0.506 e. The second-order valence-electron chi connectivity index (χ2n) is 3.51. The van der Waals surface area contributed by atoms with E-state index in [1.165, 1.54) is 23.1 Å². The molecule has 0 aliphatic carbocycles. The summed E-state index contributed by atoms with van der Waals surface area (Å²) in [5, 5.41) is 9.60. The fraction of sp³-hybridized carbons (Fsp3) is 0.273. The molecule has 1 fully saturated rings. The van der Waals surface area contributed by atoms with Crippen molar-refractivity contribution in [3.8, 4) is 5.75 Å². The molecule has 1 saturated heterocycles. The van der Waals surface area contributed by atoms with Crippen molar-refractivity contribution < 1.29 is 14.7 Å². The van der Waals surface area contributed by atoms with E-state index >= 15 is 0 Å². The molecule has 1 aromatic rings. The van der Waals surface area contributed by atoms with E-state index in [9.17, 15) is 14.7 Å². The minimum atomic E-state index is -0.00616. The highest BCUT2D eigenvalue weighted by atomic mass is 16.3. The number of carbonyl (C=O) groups excluding carboxylic acids is 2. The first kappa shape index (κ1) is 9.71. The van der Waals surface area contributed by atoms with Crippen LogP contribution in [-0.4, -0.2) is 23.8 Å². The van der Waals surface area contributed by atoms with Gasteiger partial charge < -0.3 is 10.0 Å². The maximum Gasteiger partial charge on any atom is 0.227 e. The van der Waals surface area contributed by atoms with E-state index in [0.29, 0.717) is 30.5 Å². The number of amides is 1. The van der Waals surface area contributed by atoms with Crippen molar-refractivity contribution in [2.75, 3.05) is 11.4 Å². The molecular formula is C11H11NO3. The maximum atomic E-state index is 11.5. The van der Waals surface area contributed by atoms with Gasteiger partial charge in [0.15, 0.2) is 0 Å². The summed E-state index contributed by atoms with van der Waals surface area (Å²) >= 11 is 0. The van der Waals surface area contributed by atoms with E-state index in [1.807, 2.05) is 0 Å². The lowest BCUT2D eigenvalue weighted by atomic mass is 10.2. The van der Waals surface area contributed by atoms with Gasteiger partial charge in [-0.05, 0) is 24.6 Å². The molecule has 2 rings (SSSR count). The van der Waals surface area contributed by atoms with Crippen LogP contribution in [0, 0.1) is 0 Å².